The van der Waals surface area contributed by atoms with Gasteiger partial charge in [0.2, 0.25) is 0 Å². The fourth-order valence-corrected chi connectivity index (χ4v) is 3.82. The molecule has 0 amide bonds. The first kappa shape index (κ1) is 24.0. The summed E-state index contributed by atoms with van der Waals surface area (Å²) in [5.74, 6) is 1.78. The van der Waals surface area contributed by atoms with Crippen molar-refractivity contribution in [2.75, 3.05) is 0 Å². The molecule has 0 spiro atoms. The molecule has 0 heteroatoms. The Balaban J connectivity index is 3.97. The minimum Gasteiger partial charge on any atom is -0.0654 e. The fourth-order valence-electron chi connectivity index (χ4n) is 3.82. The Hall–Kier alpha value is 0. The lowest BCUT2D eigenvalue weighted by Gasteiger charge is -2.22. The molecule has 1 radical (unpaired) electrons. The zero-order chi connectivity index (χ0) is 17.9. The summed E-state index contributed by atoms with van der Waals surface area (Å²) in [5, 5.41) is 0. The first-order chi connectivity index (χ1) is 11.8. The third kappa shape index (κ3) is 15.5. The van der Waals surface area contributed by atoms with Gasteiger partial charge >= 0.3 is 0 Å². The van der Waals surface area contributed by atoms with E-state index in [4.69, 9.17) is 0 Å². The van der Waals surface area contributed by atoms with Crippen LogP contribution in [0.2, 0.25) is 0 Å². The Kier molecular flexibility index (Phi) is 19.3. The number of rotatable bonds is 19. The van der Waals surface area contributed by atoms with Gasteiger partial charge in [0.1, 0.15) is 0 Å². The summed E-state index contributed by atoms with van der Waals surface area (Å²) in [5.41, 5.74) is 0. The van der Waals surface area contributed by atoms with Gasteiger partial charge in [0.25, 0.3) is 0 Å². The van der Waals surface area contributed by atoms with Crippen LogP contribution in [-0.2, 0) is 0 Å². The van der Waals surface area contributed by atoms with Gasteiger partial charge in [-0.1, -0.05) is 137 Å². The minimum atomic E-state index is 0.883. The van der Waals surface area contributed by atoms with Crippen LogP contribution in [0, 0.1) is 18.3 Å². The molecule has 24 heavy (non-hydrogen) atoms. The van der Waals surface area contributed by atoms with Crippen molar-refractivity contribution in [3.63, 3.8) is 0 Å². The summed E-state index contributed by atoms with van der Waals surface area (Å²) >= 11 is 0. The quantitative estimate of drug-likeness (QED) is 0.206. The molecule has 0 N–H and O–H groups in total. The van der Waals surface area contributed by atoms with E-state index >= 15 is 0 Å². The lowest BCUT2D eigenvalue weighted by atomic mass is 9.83. The van der Waals surface area contributed by atoms with Crippen LogP contribution >= 0.6 is 0 Å². The Labute approximate surface area is 155 Å². The standard InChI is InChI=1S/C24H49/c1-5-9-12-14-16-18-21-24(19-11-7-3)22-23(8-4)20-17-15-13-10-6-2/h22-24H,5-21H2,1-4H3. The predicted octanol–water partition coefficient (Wildman–Crippen LogP) is 9.13. The van der Waals surface area contributed by atoms with Gasteiger partial charge in [-0.05, 0) is 18.3 Å². The molecule has 0 aliphatic rings. The molecular formula is C24H49. The summed E-state index contributed by atoms with van der Waals surface area (Å²) < 4.78 is 0. The van der Waals surface area contributed by atoms with Crippen LogP contribution in [0.25, 0.3) is 0 Å². The molecule has 0 bridgehead atoms. The van der Waals surface area contributed by atoms with Crippen LogP contribution in [0.15, 0.2) is 0 Å². The second-order valence-corrected chi connectivity index (χ2v) is 8.02. The molecule has 2 unspecified atom stereocenters. The van der Waals surface area contributed by atoms with Crippen molar-refractivity contribution in [1.82, 2.24) is 0 Å². The second kappa shape index (κ2) is 19.3. The van der Waals surface area contributed by atoms with Gasteiger partial charge in [0.05, 0.1) is 0 Å². The molecule has 0 nitrogen and oxygen atoms in total. The van der Waals surface area contributed by atoms with E-state index in [2.05, 4.69) is 34.1 Å². The molecule has 145 valence electrons. The Bertz CT molecular complexity index is 220. The normalized spacial score (nSPS) is 14.0. The zero-order valence-corrected chi connectivity index (χ0v) is 17.8. The van der Waals surface area contributed by atoms with Crippen molar-refractivity contribution in [3.05, 3.63) is 6.42 Å². The van der Waals surface area contributed by atoms with Gasteiger partial charge < -0.3 is 0 Å². The van der Waals surface area contributed by atoms with Gasteiger partial charge in [-0.15, -0.1) is 0 Å². The summed E-state index contributed by atoms with van der Waals surface area (Å²) in [7, 11) is 0. The monoisotopic (exact) mass is 337 g/mol. The maximum atomic E-state index is 2.78. The van der Waals surface area contributed by atoms with E-state index in [1.807, 2.05) is 0 Å². The molecule has 0 aromatic rings. The molecule has 0 aromatic carbocycles. The van der Waals surface area contributed by atoms with Crippen LogP contribution in [0.4, 0.5) is 0 Å². The molecule has 0 aliphatic heterocycles. The van der Waals surface area contributed by atoms with Gasteiger partial charge in [0.15, 0.2) is 0 Å². The largest absolute Gasteiger partial charge is 0.0654 e. The van der Waals surface area contributed by atoms with E-state index in [9.17, 15) is 0 Å². The van der Waals surface area contributed by atoms with Crippen molar-refractivity contribution in [2.24, 2.45) is 11.8 Å². The van der Waals surface area contributed by atoms with Crippen LogP contribution < -0.4 is 0 Å². The highest BCUT2D eigenvalue weighted by atomic mass is 14.2. The van der Waals surface area contributed by atoms with Crippen molar-refractivity contribution < 1.29 is 0 Å². The Morgan fingerprint density at radius 1 is 0.458 bits per heavy atom. The van der Waals surface area contributed by atoms with Crippen molar-refractivity contribution in [2.45, 2.75) is 137 Å². The van der Waals surface area contributed by atoms with Crippen LogP contribution in [0.3, 0.4) is 0 Å². The first-order valence-corrected chi connectivity index (χ1v) is 11.6. The topological polar surface area (TPSA) is 0 Å². The first-order valence-electron chi connectivity index (χ1n) is 11.6. The molecule has 0 heterocycles. The summed E-state index contributed by atoms with van der Waals surface area (Å²) in [6.45, 7) is 9.35. The Morgan fingerprint density at radius 2 is 0.875 bits per heavy atom. The molecule has 0 aliphatic carbocycles. The predicted molar refractivity (Wildman–Crippen MR) is 112 cm³/mol. The van der Waals surface area contributed by atoms with E-state index in [1.165, 1.54) is 109 Å². The van der Waals surface area contributed by atoms with Crippen LogP contribution in [0.5, 0.6) is 0 Å². The third-order valence-electron chi connectivity index (χ3n) is 5.60. The van der Waals surface area contributed by atoms with Gasteiger partial charge in [-0.3, -0.25) is 0 Å². The molecule has 0 saturated carbocycles. The van der Waals surface area contributed by atoms with E-state index in [0.717, 1.165) is 11.8 Å². The SMILES string of the molecule is CCCCCCCCC([CH]C(CC)CCCCCCC)CCCC. The second-order valence-electron chi connectivity index (χ2n) is 8.02. The molecule has 0 saturated heterocycles. The van der Waals surface area contributed by atoms with Crippen LogP contribution in [-0.4, -0.2) is 0 Å². The van der Waals surface area contributed by atoms with E-state index in [1.54, 1.807) is 0 Å². The molecule has 0 fully saturated rings. The maximum Gasteiger partial charge on any atom is -0.0324 e. The summed E-state index contributed by atoms with van der Waals surface area (Å²) in [4.78, 5) is 0. The summed E-state index contributed by atoms with van der Waals surface area (Å²) in [6.07, 6.45) is 27.0. The average Bonchev–Trinajstić information content (AvgIpc) is 2.60. The maximum absolute atomic E-state index is 2.78. The van der Waals surface area contributed by atoms with Crippen LogP contribution in [0.1, 0.15) is 137 Å². The van der Waals surface area contributed by atoms with E-state index < -0.39 is 0 Å². The van der Waals surface area contributed by atoms with E-state index in [0.29, 0.717) is 0 Å². The number of hydrogen-bond acceptors (Lipinski definition) is 0. The number of unbranched alkanes of at least 4 members (excludes halogenated alkanes) is 10. The minimum absolute atomic E-state index is 0.883. The van der Waals surface area contributed by atoms with Crippen molar-refractivity contribution in [1.29, 1.82) is 0 Å². The van der Waals surface area contributed by atoms with Gasteiger partial charge in [-0.2, -0.15) is 0 Å². The highest BCUT2D eigenvalue weighted by molar-refractivity contribution is 4.83. The third-order valence-corrected chi connectivity index (χ3v) is 5.60. The fraction of sp³-hybridized carbons (Fsp3) is 0.958. The van der Waals surface area contributed by atoms with Gasteiger partial charge in [-0.25, -0.2) is 0 Å². The van der Waals surface area contributed by atoms with E-state index in [-0.39, 0.29) is 0 Å². The highest BCUT2D eigenvalue weighted by Crippen LogP contribution is 2.28. The molecule has 0 aromatic heterocycles. The molecular weight excluding hydrogens is 288 g/mol. The highest BCUT2D eigenvalue weighted by Gasteiger charge is 2.15. The smallest absolute Gasteiger partial charge is 0.0324 e. The zero-order valence-electron chi connectivity index (χ0n) is 17.8. The molecule has 2 atom stereocenters. The van der Waals surface area contributed by atoms with Gasteiger partial charge in [0, 0.05) is 0 Å². The Morgan fingerprint density at radius 3 is 1.38 bits per heavy atom. The summed E-state index contributed by atoms with van der Waals surface area (Å²) in [6, 6.07) is 0. The molecule has 0 rings (SSSR count). The van der Waals surface area contributed by atoms with Crippen molar-refractivity contribution in [3.8, 4) is 0 Å². The number of hydrogen-bond donors (Lipinski definition) is 0. The average molecular weight is 338 g/mol. The lowest BCUT2D eigenvalue weighted by Crippen LogP contribution is -2.10. The van der Waals surface area contributed by atoms with Crippen molar-refractivity contribution >= 4 is 0 Å². The lowest BCUT2D eigenvalue weighted by molar-refractivity contribution is 0.383.